The van der Waals surface area contributed by atoms with Gasteiger partial charge in [-0.15, -0.1) is 0 Å². The maximum atomic E-state index is 12.1. The summed E-state index contributed by atoms with van der Waals surface area (Å²) >= 11 is 0. The van der Waals surface area contributed by atoms with Crippen molar-refractivity contribution in [2.75, 3.05) is 24.7 Å². The number of nitrogens with zero attached hydrogens (tertiary/aromatic N) is 3. The smallest absolute Gasteiger partial charge is 0.293 e. The number of hydrogen-bond donors (Lipinski definition) is 2. The number of aromatic nitrogens is 2. The lowest BCUT2D eigenvalue weighted by atomic mass is 10.1. The number of carbonyl (C=O) groups excluding carboxylic acids is 1. The highest BCUT2D eigenvalue weighted by atomic mass is 32.2. The third kappa shape index (κ3) is 5.89. The lowest BCUT2D eigenvalue weighted by Gasteiger charge is -2.10. The van der Waals surface area contributed by atoms with Crippen molar-refractivity contribution >= 4 is 27.1 Å². The molecule has 0 aliphatic heterocycles. The highest BCUT2D eigenvalue weighted by Gasteiger charge is 2.18. The fraction of sp³-hybridized carbons (Fsp3) is 0.200. The van der Waals surface area contributed by atoms with Crippen LogP contribution in [0, 0.1) is 10.1 Å². The van der Waals surface area contributed by atoms with Gasteiger partial charge in [-0.1, -0.05) is 12.1 Å². The van der Waals surface area contributed by atoms with Crippen molar-refractivity contribution in [1.29, 1.82) is 0 Å². The van der Waals surface area contributed by atoms with E-state index in [1.165, 1.54) is 12.1 Å². The molecule has 2 N–H and O–H groups in total. The Morgan fingerprint density at radius 1 is 1.16 bits per heavy atom. The number of hydrogen-bond acceptors (Lipinski definition) is 7. The first-order valence-corrected chi connectivity index (χ1v) is 11.2. The summed E-state index contributed by atoms with van der Waals surface area (Å²) in [6.45, 7) is 0.484. The van der Waals surface area contributed by atoms with Crippen molar-refractivity contribution in [2.24, 2.45) is 0 Å². The SMILES string of the molecule is CS(=O)(=O)c1ccc(NCCNC(=O)Cc2ccc(-n3cccn3)cc2)c([N+](=O)[O-])c1. The molecule has 1 aromatic heterocycles. The van der Waals surface area contributed by atoms with Gasteiger partial charge in [0.05, 0.1) is 21.9 Å². The molecule has 0 radical (unpaired) electrons. The van der Waals surface area contributed by atoms with Crippen LogP contribution in [0.15, 0.2) is 65.8 Å². The summed E-state index contributed by atoms with van der Waals surface area (Å²) in [6, 6.07) is 12.9. The van der Waals surface area contributed by atoms with Gasteiger partial charge in [0.1, 0.15) is 5.69 Å². The van der Waals surface area contributed by atoms with E-state index < -0.39 is 14.8 Å². The third-order valence-electron chi connectivity index (χ3n) is 4.43. The normalized spacial score (nSPS) is 11.1. The van der Waals surface area contributed by atoms with E-state index in [9.17, 15) is 23.3 Å². The van der Waals surface area contributed by atoms with E-state index in [-0.39, 0.29) is 41.7 Å². The van der Waals surface area contributed by atoms with Crippen molar-refractivity contribution in [2.45, 2.75) is 11.3 Å². The standard InChI is InChI=1S/C20H21N5O5S/c1-31(29,30)17-7-8-18(19(14-17)25(27)28)21-10-11-22-20(26)13-15-3-5-16(6-4-15)24-12-2-9-23-24/h2-9,12,14,21H,10-11,13H2,1H3,(H,22,26). The summed E-state index contributed by atoms with van der Waals surface area (Å²) in [6.07, 6.45) is 4.69. The highest BCUT2D eigenvalue weighted by molar-refractivity contribution is 7.90. The molecule has 3 aromatic rings. The molecule has 0 aliphatic carbocycles. The predicted molar refractivity (Wildman–Crippen MR) is 115 cm³/mol. The lowest BCUT2D eigenvalue weighted by molar-refractivity contribution is -0.384. The number of nitro groups is 1. The summed E-state index contributed by atoms with van der Waals surface area (Å²) in [5.74, 6) is -0.185. The molecule has 0 bridgehead atoms. The first kappa shape index (κ1) is 22.0. The molecule has 0 unspecified atom stereocenters. The summed E-state index contributed by atoms with van der Waals surface area (Å²) in [7, 11) is -3.55. The van der Waals surface area contributed by atoms with Crippen LogP contribution in [0.4, 0.5) is 11.4 Å². The molecule has 3 rings (SSSR count). The molecule has 11 heteroatoms. The number of carbonyl (C=O) groups is 1. The topological polar surface area (TPSA) is 136 Å². The van der Waals surface area contributed by atoms with Gasteiger partial charge in [0.2, 0.25) is 5.91 Å². The fourth-order valence-electron chi connectivity index (χ4n) is 2.88. The number of benzene rings is 2. The molecule has 10 nitrogen and oxygen atoms in total. The largest absolute Gasteiger partial charge is 0.378 e. The zero-order valence-electron chi connectivity index (χ0n) is 16.7. The minimum Gasteiger partial charge on any atom is -0.378 e. The molecule has 2 aromatic carbocycles. The van der Waals surface area contributed by atoms with E-state index in [4.69, 9.17) is 0 Å². The van der Waals surface area contributed by atoms with E-state index >= 15 is 0 Å². The third-order valence-corrected chi connectivity index (χ3v) is 5.54. The average molecular weight is 443 g/mol. The van der Waals surface area contributed by atoms with Crippen molar-refractivity contribution in [3.05, 3.63) is 76.6 Å². The second-order valence-corrected chi connectivity index (χ2v) is 8.79. The fourth-order valence-corrected chi connectivity index (χ4v) is 3.52. The Labute approximate surface area is 179 Å². The minimum absolute atomic E-state index is 0.128. The molecule has 0 spiro atoms. The summed E-state index contributed by atoms with van der Waals surface area (Å²) < 4.78 is 24.9. The molecule has 0 saturated carbocycles. The molecule has 1 amide bonds. The van der Waals surface area contributed by atoms with Gasteiger partial charge in [-0.25, -0.2) is 13.1 Å². The lowest BCUT2D eigenvalue weighted by Crippen LogP contribution is -2.30. The Hall–Kier alpha value is -3.73. The van der Waals surface area contributed by atoms with E-state index in [1.807, 2.05) is 36.5 Å². The van der Waals surface area contributed by atoms with Gasteiger partial charge in [0, 0.05) is 37.8 Å². The number of rotatable bonds is 9. The van der Waals surface area contributed by atoms with E-state index in [0.717, 1.165) is 23.6 Å². The van der Waals surface area contributed by atoms with Crippen LogP contribution in [0.5, 0.6) is 0 Å². The first-order chi connectivity index (χ1) is 14.7. The quantitative estimate of drug-likeness (QED) is 0.293. The molecule has 0 atom stereocenters. The summed E-state index contributed by atoms with van der Waals surface area (Å²) in [4.78, 5) is 22.6. The van der Waals surface area contributed by atoms with Gasteiger partial charge >= 0.3 is 0 Å². The number of amides is 1. The minimum atomic E-state index is -3.55. The van der Waals surface area contributed by atoms with Crippen LogP contribution in [0.1, 0.15) is 5.56 Å². The van der Waals surface area contributed by atoms with E-state index in [2.05, 4.69) is 15.7 Å². The van der Waals surface area contributed by atoms with Gasteiger partial charge in [-0.3, -0.25) is 14.9 Å². The van der Waals surface area contributed by atoms with Gasteiger partial charge in [0.25, 0.3) is 5.69 Å². The Morgan fingerprint density at radius 2 is 1.90 bits per heavy atom. The second-order valence-electron chi connectivity index (χ2n) is 6.78. The van der Waals surface area contributed by atoms with Gasteiger partial charge < -0.3 is 10.6 Å². The molecule has 0 fully saturated rings. The molecular weight excluding hydrogens is 422 g/mol. The van der Waals surface area contributed by atoms with Crippen LogP contribution in [0.2, 0.25) is 0 Å². The first-order valence-electron chi connectivity index (χ1n) is 9.32. The van der Waals surface area contributed by atoms with Crippen LogP contribution in [0.3, 0.4) is 0 Å². The van der Waals surface area contributed by atoms with E-state index in [1.54, 1.807) is 10.9 Å². The predicted octanol–water partition coefficient (Wildman–Crippen LogP) is 1.95. The maximum absolute atomic E-state index is 12.1. The molecule has 1 heterocycles. The maximum Gasteiger partial charge on any atom is 0.293 e. The molecule has 31 heavy (non-hydrogen) atoms. The van der Waals surface area contributed by atoms with Crippen LogP contribution in [-0.4, -0.2) is 48.4 Å². The van der Waals surface area contributed by atoms with Crippen molar-refractivity contribution in [3.63, 3.8) is 0 Å². The van der Waals surface area contributed by atoms with Crippen LogP contribution in [0.25, 0.3) is 5.69 Å². The Balaban J connectivity index is 1.50. The molecule has 162 valence electrons. The van der Waals surface area contributed by atoms with Gasteiger partial charge in [0.15, 0.2) is 9.84 Å². The highest BCUT2D eigenvalue weighted by Crippen LogP contribution is 2.27. The zero-order chi connectivity index (χ0) is 22.4. The average Bonchev–Trinajstić information content (AvgIpc) is 3.26. The van der Waals surface area contributed by atoms with Crippen molar-refractivity contribution < 1.29 is 18.1 Å². The van der Waals surface area contributed by atoms with Gasteiger partial charge in [-0.2, -0.15) is 5.10 Å². The number of sulfone groups is 1. The second kappa shape index (κ2) is 9.39. The Bertz CT molecular complexity index is 1180. The van der Waals surface area contributed by atoms with Crippen molar-refractivity contribution in [1.82, 2.24) is 15.1 Å². The summed E-state index contributed by atoms with van der Waals surface area (Å²) in [5.41, 5.74) is 1.57. The number of nitro benzene ring substituents is 1. The monoisotopic (exact) mass is 443 g/mol. The van der Waals surface area contributed by atoms with Crippen molar-refractivity contribution in [3.8, 4) is 5.69 Å². The van der Waals surface area contributed by atoms with Crippen LogP contribution in [-0.2, 0) is 21.1 Å². The molecule has 0 saturated heterocycles. The van der Waals surface area contributed by atoms with E-state index in [0.29, 0.717) is 0 Å². The molecular formula is C20H21N5O5S. The zero-order valence-corrected chi connectivity index (χ0v) is 17.5. The van der Waals surface area contributed by atoms with Crippen LogP contribution >= 0.6 is 0 Å². The number of nitrogens with one attached hydrogen (secondary N) is 2. The Morgan fingerprint density at radius 3 is 2.52 bits per heavy atom. The van der Waals surface area contributed by atoms with Gasteiger partial charge in [-0.05, 0) is 35.9 Å². The molecule has 0 aliphatic rings. The summed E-state index contributed by atoms with van der Waals surface area (Å²) in [5, 5.41) is 21.0. The van der Waals surface area contributed by atoms with Crippen LogP contribution < -0.4 is 10.6 Å². The number of anilines is 1. The Kier molecular flexibility index (Phi) is 6.65.